The van der Waals surface area contributed by atoms with Crippen LogP contribution in [0.25, 0.3) is 5.57 Å². The molecule has 0 saturated heterocycles. The molecule has 0 fully saturated rings. The number of hydrogen-bond donors (Lipinski definition) is 0. The van der Waals surface area contributed by atoms with E-state index in [2.05, 4.69) is 99.0 Å². The average Bonchev–Trinajstić information content (AvgIpc) is 2.92. The van der Waals surface area contributed by atoms with Crippen molar-refractivity contribution in [3.8, 4) is 5.75 Å². The van der Waals surface area contributed by atoms with Crippen molar-refractivity contribution in [2.45, 2.75) is 25.9 Å². The fourth-order valence-corrected chi connectivity index (χ4v) is 4.27. The molecule has 1 aliphatic rings. The molecule has 0 aromatic heterocycles. The summed E-state index contributed by atoms with van der Waals surface area (Å²) < 4.78 is 7.14. The van der Waals surface area contributed by atoms with Crippen LogP contribution >= 0.6 is 0 Å². The third kappa shape index (κ3) is 5.01. The van der Waals surface area contributed by atoms with E-state index in [1.165, 1.54) is 40.8 Å². The summed E-state index contributed by atoms with van der Waals surface area (Å²) in [5.41, 5.74) is 6.51. The number of quaternary nitrogens is 1. The molecule has 3 aromatic rings. The molecule has 30 heavy (non-hydrogen) atoms. The number of benzene rings is 3. The van der Waals surface area contributed by atoms with Crippen LogP contribution in [-0.4, -0.2) is 31.7 Å². The summed E-state index contributed by atoms with van der Waals surface area (Å²) in [6.45, 7) is 2.95. The third-order valence-electron chi connectivity index (χ3n) is 6.02. The number of hydrogen-bond acceptors (Lipinski definition) is 1. The summed E-state index contributed by atoms with van der Waals surface area (Å²) in [6, 6.07) is 27.9. The topological polar surface area (TPSA) is 9.23 Å². The lowest BCUT2D eigenvalue weighted by atomic mass is 9.93. The summed E-state index contributed by atoms with van der Waals surface area (Å²) in [6.07, 6.45) is 5.84. The van der Waals surface area contributed by atoms with E-state index in [9.17, 15) is 0 Å². The van der Waals surface area contributed by atoms with Crippen LogP contribution in [0, 0.1) is 0 Å². The van der Waals surface area contributed by atoms with Gasteiger partial charge in [-0.25, -0.2) is 0 Å². The molecule has 4 rings (SSSR count). The van der Waals surface area contributed by atoms with Crippen LogP contribution in [0.4, 0.5) is 0 Å². The Morgan fingerprint density at radius 1 is 0.800 bits per heavy atom. The monoisotopic (exact) mass is 398 g/mol. The van der Waals surface area contributed by atoms with Gasteiger partial charge in [0.15, 0.2) is 0 Å². The van der Waals surface area contributed by atoms with E-state index < -0.39 is 0 Å². The van der Waals surface area contributed by atoms with Gasteiger partial charge in [0, 0.05) is 18.4 Å². The van der Waals surface area contributed by atoms with Gasteiger partial charge in [-0.3, -0.25) is 0 Å². The Bertz CT molecular complexity index is 954. The highest BCUT2D eigenvalue weighted by Crippen LogP contribution is 2.36. The van der Waals surface area contributed by atoms with Crippen LogP contribution in [0.3, 0.4) is 0 Å². The summed E-state index contributed by atoms with van der Waals surface area (Å²) in [7, 11) is 4.70. The maximum Gasteiger partial charge on any atom is 0.127 e. The van der Waals surface area contributed by atoms with E-state index in [0.29, 0.717) is 6.61 Å². The maximum atomic E-state index is 6.10. The fourth-order valence-electron chi connectivity index (χ4n) is 4.27. The van der Waals surface area contributed by atoms with Gasteiger partial charge in [0.05, 0.1) is 27.2 Å². The van der Waals surface area contributed by atoms with Crippen molar-refractivity contribution < 1.29 is 9.22 Å². The first-order valence-corrected chi connectivity index (χ1v) is 11.0. The zero-order valence-electron chi connectivity index (χ0n) is 18.2. The summed E-state index contributed by atoms with van der Waals surface area (Å²) in [5.74, 6) is 0.983. The second-order valence-corrected chi connectivity index (χ2v) is 8.82. The molecule has 0 bridgehead atoms. The highest BCUT2D eigenvalue weighted by atomic mass is 16.5. The Hall–Kier alpha value is -2.84. The number of para-hydroxylation sites is 1. The molecule has 0 unspecified atom stereocenters. The summed E-state index contributed by atoms with van der Waals surface area (Å²) >= 11 is 0. The highest BCUT2D eigenvalue weighted by molar-refractivity contribution is 5.84. The quantitative estimate of drug-likeness (QED) is 0.436. The van der Waals surface area contributed by atoms with E-state index in [1.54, 1.807) is 0 Å². The van der Waals surface area contributed by atoms with Crippen LogP contribution in [0.5, 0.6) is 5.75 Å². The van der Waals surface area contributed by atoms with Gasteiger partial charge in [0.1, 0.15) is 12.4 Å². The average molecular weight is 399 g/mol. The minimum Gasteiger partial charge on any atom is -0.488 e. The Kier molecular flexibility index (Phi) is 6.35. The second kappa shape index (κ2) is 9.32. The number of nitrogens with zero attached hydrogens (tertiary/aromatic N) is 1. The van der Waals surface area contributed by atoms with Crippen molar-refractivity contribution >= 4 is 5.57 Å². The van der Waals surface area contributed by atoms with Crippen molar-refractivity contribution in [2.24, 2.45) is 0 Å². The molecule has 0 spiro atoms. The van der Waals surface area contributed by atoms with Gasteiger partial charge in [-0.15, -0.1) is 0 Å². The first-order valence-electron chi connectivity index (χ1n) is 11.0. The normalized spacial score (nSPS) is 14.5. The number of ether oxygens (including phenoxy) is 1. The highest BCUT2D eigenvalue weighted by Gasteiger charge is 2.19. The maximum absolute atomic E-state index is 6.10. The first-order chi connectivity index (χ1) is 14.6. The Balaban J connectivity index is 1.45. The van der Waals surface area contributed by atoms with Crippen molar-refractivity contribution in [1.29, 1.82) is 0 Å². The smallest absolute Gasteiger partial charge is 0.127 e. The Morgan fingerprint density at radius 2 is 1.50 bits per heavy atom. The van der Waals surface area contributed by atoms with E-state index in [0.717, 1.165) is 29.6 Å². The van der Waals surface area contributed by atoms with Gasteiger partial charge in [0.2, 0.25) is 0 Å². The molecule has 1 heterocycles. The SMILES string of the molecule is C[N+](C)(CCC=C1c2ccccc2COc2ccccc21)CCCc1ccccc1. The molecule has 3 aromatic carbocycles. The van der Waals surface area contributed by atoms with Gasteiger partial charge in [-0.05, 0) is 34.8 Å². The minimum absolute atomic E-state index is 0.631. The molecular formula is C28H32NO+. The van der Waals surface area contributed by atoms with Crippen molar-refractivity contribution in [3.63, 3.8) is 0 Å². The van der Waals surface area contributed by atoms with Crippen molar-refractivity contribution in [3.05, 3.63) is 107 Å². The van der Waals surface area contributed by atoms with Gasteiger partial charge < -0.3 is 9.22 Å². The largest absolute Gasteiger partial charge is 0.488 e. The zero-order valence-corrected chi connectivity index (χ0v) is 18.2. The summed E-state index contributed by atoms with van der Waals surface area (Å²) in [5, 5.41) is 0. The molecule has 0 radical (unpaired) electrons. The van der Waals surface area contributed by atoms with Gasteiger partial charge >= 0.3 is 0 Å². The van der Waals surface area contributed by atoms with Crippen LogP contribution < -0.4 is 4.74 Å². The van der Waals surface area contributed by atoms with Gasteiger partial charge in [-0.2, -0.15) is 0 Å². The van der Waals surface area contributed by atoms with Gasteiger partial charge in [-0.1, -0.05) is 78.9 Å². The molecule has 154 valence electrons. The zero-order chi connectivity index (χ0) is 20.8. The minimum atomic E-state index is 0.631. The van der Waals surface area contributed by atoms with Crippen molar-refractivity contribution in [2.75, 3.05) is 27.2 Å². The van der Waals surface area contributed by atoms with E-state index in [4.69, 9.17) is 4.74 Å². The second-order valence-electron chi connectivity index (χ2n) is 8.82. The summed E-state index contributed by atoms with van der Waals surface area (Å²) in [4.78, 5) is 0. The van der Waals surface area contributed by atoms with Crippen LogP contribution in [0.15, 0.2) is 84.9 Å². The number of rotatable bonds is 7. The lowest BCUT2D eigenvalue weighted by Gasteiger charge is -2.29. The molecule has 2 heteroatoms. The van der Waals surface area contributed by atoms with E-state index >= 15 is 0 Å². The molecule has 0 atom stereocenters. The predicted octanol–water partition coefficient (Wildman–Crippen LogP) is 6.11. The first kappa shape index (κ1) is 20.4. The molecule has 0 N–H and O–H groups in total. The third-order valence-corrected chi connectivity index (χ3v) is 6.02. The Labute approximate surface area is 181 Å². The Morgan fingerprint density at radius 3 is 2.33 bits per heavy atom. The lowest BCUT2D eigenvalue weighted by molar-refractivity contribution is -0.890. The standard InChI is InChI=1S/C28H32NO/c1-29(2,20-10-14-23-12-4-3-5-13-23)21-11-18-26-25-16-7-6-15-24(25)22-30-28-19-9-8-17-27(26)28/h3-9,12-13,15-19H,10-11,14,20-22H2,1-2H3/q+1. The molecule has 0 amide bonds. The van der Waals surface area contributed by atoms with Crippen LogP contribution in [-0.2, 0) is 13.0 Å². The lowest BCUT2D eigenvalue weighted by Crippen LogP contribution is -2.41. The fraction of sp³-hybridized carbons (Fsp3) is 0.286. The van der Waals surface area contributed by atoms with Crippen molar-refractivity contribution in [1.82, 2.24) is 0 Å². The van der Waals surface area contributed by atoms with E-state index in [1.807, 2.05) is 0 Å². The van der Waals surface area contributed by atoms with Crippen LogP contribution in [0.2, 0.25) is 0 Å². The number of aryl methyl sites for hydroxylation is 1. The molecule has 0 saturated carbocycles. The molecule has 0 aliphatic carbocycles. The van der Waals surface area contributed by atoms with Gasteiger partial charge in [0.25, 0.3) is 0 Å². The molecule has 1 aliphatic heterocycles. The van der Waals surface area contributed by atoms with E-state index in [-0.39, 0.29) is 0 Å². The number of fused-ring (bicyclic) bond motifs is 2. The predicted molar refractivity (Wildman–Crippen MR) is 126 cm³/mol. The van der Waals surface area contributed by atoms with Crippen LogP contribution in [0.1, 0.15) is 35.1 Å². The molecule has 2 nitrogen and oxygen atoms in total. The molecular weight excluding hydrogens is 366 g/mol.